The topological polar surface area (TPSA) is 9.23 Å². The molecule has 1 aliphatic heterocycles. The second kappa shape index (κ2) is 7.55. The third-order valence-electron chi connectivity index (χ3n) is 1.12. The molecule has 68 valence electrons. The largest absolute Gasteiger partial charge is 0.394 e. The molecule has 1 atom stereocenters. The van der Waals surface area contributed by atoms with Crippen LogP contribution in [0, 0.1) is 0 Å². The summed E-state index contributed by atoms with van der Waals surface area (Å²) in [5, 5.41) is 0. The zero-order valence-corrected chi connectivity index (χ0v) is 10.3. The van der Waals surface area contributed by atoms with Crippen molar-refractivity contribution in [1.82, 2.24) is 0 Å². The van der Waals surface area contributed by atoms with Crippen LogP contribution in [-0.4, -0.2) is 23.4 Å². The molecule has 0 saturated carbocycles. The zero-order valence-electron chi connectivity index (χ0n) is 6.53. The van der Waals surface area contributed by atoms with Crippen LogP contribution < -0.4 is 0 Å². The lowest BCUT2D eigenvalue weighted by molar-refractivity contribution is 0.259. The Morgan fingerprint density at radius 2 is 2.00 bits per heavy atom. The molecular formula is C5H13Cl2FOSi2. The Morgan fingerprint density at radius 1 is 1.45 bits per heavy atom. The number of hydrogen-bond acceptors (Lipinski definition) is 1. The Kier molecular flexibility index (Phi) is 8.17. The maximum atomic E-state index is 12.1. The fourth-order valence-corrected chi connectivity index (χ4v) is 1.90. The SMILES string of the molecule is C[SiH](Cl)Cl.F[SiH]1CCCCO1. The summed E-state index contributed by atoms with van der Waals surface area (Å²) in [6.07, 6.45) is 2.11. The van der Waals surface area contributed by atoms with E-state index in [-0.39, 0.29) is 0 Å². The van der Waals surface area contributed by atoms with Gasteiger partial charge in [0, 0.05) is 6.61 Å². The van der Waals surface area contributed by atoms with Gasteiger partial charge in [0.25, 0.3) is 0 Å². The third kappa shape index (κ3) is 10.9. The van der Waals surface area contributed by atoms with Gasteiger partial charge in [-0.25, -0.2) is 0 Å². The van der Waals surface area contributed by atoms with E-state index in [0.717, 1.165) is 18.9 Å². The fraction of sp³-hybridized carbons (Fsp3) is 1.00. The van der Waals surface area contributed by atoms with Crippen LogP contribution in [0.3, 0.4) is 0 Å². The summed E-state index contributed by atoms with van der Waals surface area (Å²) in [6, 6.07) is 0.736. The first kappa shape index (κ1) is 11.9. The minimum Gasteiger partial charge on any atom is -0.394 e. The maximum Gasteiger partial charge on any atom is 0.368 e. The van der Waals surface area contributed by atoms with Gasteiger partial charge in [0.1, 0.15) is 0 Å². The van der Waals surface area contributed by atoms with Gasteiger partial charge in [-0.1, -0.05) is 0 Å². The van der Waals surface area contributed by atoms with Crippen molar-refractivity contribution < 1.29 is 8.53 Å². The highest BCUT2D eigenvalue weighted by atomic mass is 35.7. The number of halogens is 3. The van der Waals surface area contributed by atoms with Crippen LogP contribution in [0.5, 0.6) is 0 Å². The second-order valence-corrected chi connectivity index (χ2v) is 9.66. The summed E-state index contributed by atoms with van der Waals surface area (Å²) in [6.45, 7) is 2.51. The molecule has 1 heterocycles. The molecule has 0 spiro atoms. The van der Waals surface area contributed by atoms with Gasteiger partial charge in [0.2, 0.25) is 7.42 Å². The van der Waals surface area contributed by atoms with Crippen LogP contribution in [0.2, 0.25) is 12.6 Å². The van der Waals surface area contributed by atoms with Crippen LogP contribution in [0.1, 0.15) is 12.8 Å². The molecule has 0 radical (unpaired) electrons. The molecule has 1 rings (SSSR count). The summed E-state index contributed by atoms with van der Waals surface area (Å²) in [7, 11) is -3.29. The van der Waals surface area contributed by atoms with Crippen molar-refractivity contribution in [2.24, 2.45) is 0 Å². The highest BCUT2D eigenvalue weighted by Gasteiger charge is 2.13. The van der Waals surface area contributed by atoms with E-state index in [4.69, 9.17) is 26.6 Å². The Hall–Kier alpha value is 0.904. The average molecular weight is 235 g/mol. The highest BCUT2D eigenvalue weighted by Crippen LogP contribution is 2.10. The van der Waals surface area contributed by atoms with Gasteiger partial charge in [-0.3, -0.25) is 4.11 Å². The van der Waals surface area contributed by atoms with Gasteiger partial charge < -0.3 is 4.43 Å². The Morgan fingerprint density at radius 3 is 2.18 bits per heavy atom. The quantitative estimate of drug-likeness (QED) is 0.462. The molecular weight excluding hydrogens is 222 g/mol. The van der Waals surface area contributed by atoms with E-state index >= 15 is 0 Å². The van der Waals surface area contributed by atoms with Crippen LogP contribution in [0.25, 0.3) is 0 Å². The zero-order chi connectivity index (χ0) is 8.69. The van der Waals surface area contributed by atoms with Crippen molar-refractivity contribution in [2.75, 3.05) is 6.61 Å². The molecule has 0 aromatic carbocycles. The maximum absolute atomic E-state index is 12.1. The van der Waals surface area contributed by atoms with Crippen molar-refractivity contribution in [3.63, 3.8) is 0 Å². The second-order valence-electron chi connectivity index (χ2n) is 2.30. The Bertz CT molecular complexity index is 87.8. The molecule has 0 N–H and O–H groups in total. The minimum atomic E-state index is -2.09. The van der Waals surface area contributed by atoms with Gasteiger partial charge in [0.15, 0.2) is 0 Å². The summed E-state index contributed by atoms with van der Waals surface area (Å²) >= 11 is 10.4. The molecule has 1 aliphatic rings. The molecule has 1 nitrogen and oxygen atoms in total. The molecule has 6 heteroatoms. The van der Waals surface area contributed by atoms with E-state index in [9.17, 15) is 4.11 Å². The first-order valence-electron chi connectivity index (χ1n) is 3.66. The Balaban J connectivity index is 0.000000218. The number of rotatable bonds is 0. The van der Waals surface area contributed by atoms with Crippen molar-refractivity contribution >= 4 is 38.9 Å². The van der Waals surface area contributed by atoms with Crippen LogP contribution in [-0.2, 0) is 4.43 Å². The molecule has 1 unspecified atom stereocenters. The average Bonchev–Trinajstić information content (AvgIpc) is 1.87. The van der Waals surface area contributed by atoms with E-state index in [1.54, 1.807) is 0 Å². The van der Waals surface area contributed by atoms with E-state index in [1.807, 2.05) is 6.55 Å². The predicted molar refractivity (Wildman–Crippen MR) is 53.0 cm³/mol. The van der Waals surface area contributed by atoms with Crippen LogP contribution in [0.4, 0.5) is 4.11 Å². The van der Waals surface area contributed by atoms with Gasteiger partial charge in [-0.2, -0.15) is 22.2 Å². The third-order valence-corrected chi connectivity index (χ3v) is 2.58. The molecule has 0 aromatic heterocycles. The highest BCUT2D eigenvalue weighted by molar-refractivity contribution is 7.33. The summed E-state index contributed by atoms with van der Waals surface area (Å²) in [5.41, 5.74) is 0. The lowest BCUT2D eigenvalue weighted by Gasteiger charge is -2.12. The fourth-order valence-electron chi connectivity index (χ4n) is 0.701. The van der Waals surface area contributed by atoms with E-state index in [1.165, 1.54) is 0 Å². The molecule has 0 amide bonds. The molecule has 0 aliphatic carbocycles. The molecule has 1 fully saturated rings. The van der Waals surface area contributed by atoms with E-state index < -0.39 is 16.8 Å². The first-order chi connectivity index (χ1) is 5.13. The lowest BCUT2D eigenvalue weighted by atomic mass is 10.4. The summed E-state index contributed by atoms with van der Waals surface area (Å²) in [4.78, 5) is 0. The van der Waals surface area contributed by atoms with E-state index in [0.29, 0.717) is 6.61 Å². The summed E-state index contributed by atoms with van der Waals surface area (Å²) < 4.78 is 16.9. The van der Waals surface area contributed by atoms with Gasteiger partial charge >= 0.3 is 9.37 Å². The van der Waals surface area contributed by atoms with Gasteiger partial charge in [0.05, 0.1) is 0 Å². The van der Waals surface area contributed by atoms with Gasteiger partial charge in [-0.15, -0.1) is 0 Å². The minimum absolute atomic E-state index is 0.674. The first-order valence-corrected chi connectivity index (χ1v) is 10.0. The van der Waals surface area contributed by atoms with Crippen LogP contribution >= 0.6 is 22.2 Å². The van der Waals surface area contributed by atoms with Crippen molar-refractivity contribution in [3.8, 4) is 0 Å². The smallest absolute Gasteiger partial charge is 0.368 e. The van der Waals surface area contributed by atoms with Crippen molar-refractivity contribution in [2.45, 2.75) is 25.4 Å². The van der Waals surface area contributed by atoms with Crippen molar-refractivity contribution in [1.29, 1.82) is 0 Å². The number of hydrogen-bond donors (Lipinski definition) is 0. The van der Waals surface area contributed by atoms with Crippen molar-refractivity contribution in [3.05, 3.63) is 0 Å². The summed E-state index contributed by atoms with van der Waals surface area (Å²) in [5.74, 6) is 0. The monoisotopic (exact) mass is 234 g/mol. The predicted octanol–water partition coefficient (Wildman–Crippen LogP) is 2.30. The normalized spacial score (nSPS) is 24.3. The molecule has 0 aromatic rings. The Labute approximate surface area is 79.7 Å². The van der Waals surface area contributed by atoms with Crippen LogP contribution in [0.15, 0.2) is 0 Å². The molecule has 1 saturated heterocycles. The standard InChI is InChI=1S/C4H9FOSi.CH4Cl2Si/c5-7-4-2-1-3-6-7;1-4(2)3/h7H,1-4H2;4H,1H3. The molecule has 0 bridgehead atoms. The van der Waals surface area contributed by atoms with E-state index in [2.05, 4.69) is 0 Å². The van der Waals surface area contributed by atoms with Gasteiger partial charge in [-0.05, 0) is 25.4 Å². The molecule has 11 heavy (non-hydrogen) atoms. The lowest BCUT2D eigenvalue weighted by Crippen LogP contribution is -2.17.